The lowest BCUT2D eigenvalue weighted by Crippen LogP contribution is -2.12. The first-order valence-corrected chi connectivity index (χ1v) is 6.35. The molecule has 0 saturated heterocycles. The average molecular weight is 323 g/mol. The van der Waals surface area contributed by atoms with Gasteiger partial charge in [-0.3, -0.25) is 5.41 Å². The van der Waals surface area contributed by atoms with Gasteiger partial charge < -0.3 is 10.5 Å². The Bertz CT molecular complexity index is 626. The molecule has 0 aromatic heterocycles. The summed E-state index contributed by atoms with van der Waals surface area (Å²) in [4.78, 5) is 0. The molecule has 2 aromatic carbocycles. The summed E-state index contributed by atoms with van der Waals surface area (Å²) in [5, 5.41) is 7.33. The largest absolute Gasteiger partial charge is 0.454 e. The van der Waals surface area contributed by atoms with Gasteiger partial charge in [-0.05, 0) is 47.1 Å². The molecule has 3 N–H and O–H groups in total. The standard InChI is InChI=1S/C14H12BrFN2O/c1-8-2-4-9(5-3-8)19-11-7-6-10(14(17)18)12(15)13(11)16/h2-7H,1H3,(H3,17,18). The van der Waals surface area contributed by atoms with Crippen LogP contribution in [0.5, 0.6) is 11.5 Å². The van der Waals surface area contributed by atoms with E-state index in [1.807, 2.05) is 19.1 Å². The number of halogens is 2. The lowest BCUT2D eigenvalue weighted by molar-refractivity contribution is 0.440. The summed E-state index contributed by atoms with van der Waals surface area (Å²) in [5.74, 6) is -0.145. The van der Waals surface area contributed by atoms with E-state index in [0.717, 1.165) is 5.56 Å². The zero-order valence-corrected chi connectivity index (χ0v) is 11.8. The van der Waals surface area contributed by atoms with E-state index >= 15 is 0 Å². The molecule has 0 aliphatic carbocycles. The van der Waals surface area contributed by atoms with Gasteiger partial charge in [0.15, 0.2) is 11.6 Å². The fraction of sp³-hybridized carbons (Fsp3) is 0.0714. The highest BCUT2D eigenvalue weighted by molar-refractivity contribution is 9.10. The van der Waals surface area contributed by atoms with Crippen molar-refractivity contribution in [2.24, 2.45) is 5.73 Å². The van der Waals surface area contributed by atoms with Gasteiger partial charge in [-0.2, -0.15) is 0 Å². The third kappa shape index (κ3) is 2.93. The quantitative estimate of drug-likeness (QED) is 0.663. The maximum Gasteiger partial charge on any atom is 0.180 e. The molecule has 0 heterocycles. The minimum Gasteiger partial charge on any atom is -0.454 e. The smallest absolute Gasteiger partial charge is 0.180 e. The van der Waals surface area contributed by atoms with Gasteiger partial charge in [0.25, 0.3) is 0 Å². The van der Waals surface area contributed by atoms with E-state index in [1.165, 1.54) is 6.07 Å². The Labute approximate surface area is 118 Å². The van der Waals surface area contributed by atoms with Crippen LogP contribution in [0.2, 0.25) is 0 Å². The molecule has 0 bridgehead atoms. The highest BCUT2D eigenvalue weighted by Crippen LogP contribution is 2.31. The van der Waals surface area contributed by atoms with Crippen molar-refractivity contribution in [1.29, 1.82) is 5.41 Å². The lowest BCUT2D eigenvalue weighted by Gasteiger charge is -2.10. The van der Waals surface area contributed by atoms with Crippen molar-refractivity contribution in [1.82, 2.24) is 0 Å². The maximum atomic E-state index is 14.1. The van der Waals surface area contributed by atoms with Crippen LogP contribution in [0.4, 0.5) is 4.39 Å². The molecule has 0 unspecified atom stereocenters. The second kappa shape index (κ2) is 5.40. The Balaban J connectivity index is 2.34. The molecule has 0 aliphatic heterocycles. The molecular formula is C14H12BrFN2O. The predicted molar refractivity (Wildman–Crippen MR) is 76.4 cm³/mol. The molecule has 19 heavy (non-hydrogen) atoms. The Hall–Kier alpha value is -1.88. The molecule has 0 saturated carbocycles. The van der Waals surface area contributed by atoms with Gasteiger partial charge in [-0.15, -0.1) is 0 Å². The van der Waals surface area contributed by atoms with Gasteiger partial charge >= 0.3 is 0 Å². The molecule has 0 amide bonds. The first kappa shape index (κ1) is 13.5. The summed E-state index contributed by atoms with van der Waals surface area (Å²) in [6, 6.07) is 10.3. The highest BCUT2D eigenvalue weighted by atomic mass is 79.9. The Morgan fingerprint density at radius 3 is 2.42 bits per heavy atom. The summed E-state index contributed by atoms with van der Waals surface area (Å²) < 4.78 is 19.7. The molecule has 2 aromatic rings. The van der Waals surface area contributed by atoms with Crippen molar-refractivity contribution in [3.63, 3.8) is 0 Å². The van der Waals surface area contributed by atoms with Gasteiger partial charge in [0.05, 0.1) is 4.47 Å². The van der Waals surface area contributed by atoms with E-state index in [4.69, 9.17) is 15.9 Å². The van der Waals surface area contributed by atoms with E-state index in [1.54, 1.807) is 18.2 Å². The third-order valence-electron chi connectivity index (χ3n) is 2.59. The van der Waals surface area contributed by atoms with Crippen LogP contribution in [-0.4, -0.2) is 5.84 Å². The van der Waals surface area contributed by atoms with Gasteiger partial charge in [0.1, 0.15) is 11.6 Å². The van der Waals surface area contributed by atoms with Crippen LogP contribution in [0.1, 0.15) is 11.1 Å². The Morgan fingerprint density at radius 1 is 1.21 bits per heavy atom. The van der Waals surface area contributed by atoms with Crippen molar-refractivity contribution in [3.8, 4) is 11.5 Å². The maximum absolute atomic E-state index is 14.1. The first-order valence-electron chi connectivity index (χ1n) is 5.56. The number of nitrogens with one attached hydrogen (secondary N) is 1. The normalized spacial score (nSPS) is 10.3. The molecule has 5 heteroatoms. The van der Waals surface area contributed by atoms with Gasteiger partial charge in [0.2, 0.25) is 0 Å². The minimum absolute atomic E-state index is 0.0840. The van der Waals surface area contributed by atoms with Crippen LogP contribution in [0.3, 0.4) is 0 Å². The van der Waals surface area contributed by atoms with E-state index in [9.17, 15) is 4.39 Å². The van der Waals surface area contributed by atoms with Crippen LogP contribution < -0.4 is 10.5 Å². The molecule has 0 aliphatic rings. The Morgan fingerprint density at radius 2 is 1.84 bits per heavy atom. The fourth-order valence-electron chi connectivity index (χ4n) is 1.55. The number of hydrogen-bond donors (Lipinski definition) is 2. The summed E-state index contributed by atoms with van der Waals surface area (Å²) in [5.41, 5.74) is 6.75. The molecule has 98 valence electrons. The van der Waals surface area contributed by atoms with Gasteiger partial charge in [-0.1, -0.05) is 17.7 Å². The number of benzene rings is 2. The zero-order valence-electron chi connectivity index (χ0n) is 10.2. The molecular weight excluding hydrogens is 311 g/mol. The van der Waals surface area contributed by atoms with Crippen molar-refractivity contribution >= 4 is 21.8 Å². The van der Waals surface area contributed by atoms with Crippen LogP contribution in [0.25, 0.3) is 0 Å². The number of hydrogen-bond acceptors (Lipinski definition) is 2. The number of nitrogens with two attached hydrogens (primary N) is 1. The van der Waals surface area contributed by atoms with E-state index in [-0.39, 0.29) is 16.1 Å². The number of nitrogen functional groups attached to an aromatic ring is 1. The minimum atomic E-state index is -0.576. The molecule has 3 nitrogen and oxygen atoms in total. The zero-order chi connectivity index (χ0) is 14.0. The number of amidine groups is 1. The molecule has 2 rings (SSSR count). The predicted octanol–water partition coefficient (Wildman–Crippen LogP) is 3.97. The molecule has 0 spiro atoms. The summed E-state index contributed by atoms with van der Waals surface area (Å²) >= 11 is 3.08. The van der Waals surface area contributed by atoms with E-state index < -0.39 is 5.82 Å². The van der Waals surface area contributed by atoms with Gasteiger partial charge in [-0.25, -0.2) is 4.39 Å². The van der Waals surface area contributed by atoms with E-state index in [0.29, 0.717) is 11.3 Å². The molecule has 0 radical (unpaired) electrons. The second-order valence-electron chi connectivity index (χ2n) is 4.07. The first-order chi connectivity index (χ1) is 8.99. The monoisotopic (exact) mass is 322 g/mol. The van der Waals surface area contributed by atoms with Crippen LogP contribution in [-0.2, 0) is 0 Å². The summed E-state index contributed by atoms with van der Waals surface area (Å²) in [6.45, 7) is 1.96. The summed E-state index contributed by atoms with van der Waals surface area (Å²) in [7, 11) is 0. The molecule has 0 fully saturated rings. The SMILES string of the molecule is Cc1ccc(Oc2ccc(C(=N)N)c(Br)c2F)cc1. The van der Waals surface area contributed by atoms with Crippen LogP contribution >= 0.6 is 15.9 Å². The van der Waals surface area contributed by atoms with Crippen molar-refractivity contribution in [2.75, 3.05) is 0 Å². The number of aryl methyl sites for hydroxylation is 1. The Kier molecular flexibility index (Phi) is 3.85. The highest BCUT2D eigenvalue weighted by Gasteiger charge is 2.14. The summed E-state index contributed by atoms with van der Waals surface area (Å²) in [6.07, 6.45) is 0. The van der Waals surface area contributed by atoms with Crippen molar-refractivity contribution in [2.45, 2.75) is 6.92 Å². The third-order valence-corrected chi connectivity index (χ3v) is 3.36. The number of rotatable bonds is 3. The average Bonchev–Trinajstić information content (AvgIpc) is 2.37. The molecule has 0 atom stereocenters. The topological polar surface area (TPSA) is 59.1 Å². The van der Waals surface area contributed by atoms with Crippen molar-refractivity contribution < 1.29 is 9.13 Å². The number of ether oxygens (including phenoxy) is 1. The second-order valence-corrected chi connectivity index (χ2v) is 4.86. The van der Waals surface area contributed by atoms with E-state index in [2.05, 4.69) is 15.9 Å². The lowest BCUT2D eigenvalue weighted by atomic mass is 10.2. The van der Waals surface area contributed by atoms with Crippen LogP contribution in [0, 0.1) is 18.2 Å². The van der Waals surface area contributed by atoms with Crippen molar-refractivity contribution in [3.05, 3.63) is 57.8 Å². The van der Waals surface area contributed by atoms with Crippen LogP contribution in [0.15, 0.2) is 40.9 Å². The fourth-order valence-corrected chi connectivity index (χ4v) is 2.09. The van der Waals surface area contributed by atoms with Gasteiger partial charge in [0, 0.05) is 5.56 Å².